The Balaban J connectivity index is 1.25. The first-order valence-corrected chi connectivity index (χ1v) is 10.6. The predicted octanol–water partition coefficient (Wildman–Crippen LogP) is 2.65. The summed E-state index contributed by atoms with van der Waals surface area (Å²) in [5, 5.41) is 1.32. The Hall–Kier alpha value is -2.54. The van der Waals surface area contributed by atoms with Gasteiger partial charge in [-0.2, -0.15) is 0 Å². The first-order valence-electron chi connectivity index (χ1n) is 10.6. The van der Waals surface area contributed by atoms with Gasteiger partial charge in [-0.15, -0.1) is 0 Å². The molecule has 0 saturated carbocycles. The van der Waals surface area contributed by atoms with E-state index in [1.54, 1.807) is 11.8 Å². The minimum Gasteiger partial charge on any atom is -0.450 e. The van der Waals surface area contributed by atoms with Crippen LogP contribution in [-0.2, 0) is 9.53 Å². The number of H-pyrrole nitrogens is 1. The van der Waals surface area contributed by atoms with Crippen LogP contribution in [0.2, 0.25) is 0 Å². The molecule has 3 heterocycles. The molecule has 2 aliphatic rings. The number of nitrogens with zero attached hydrogens (tertiary/aromatic N) is 3. The lowest BCUT2D eigenvalue weighted by Gasteiger charge is -2.36. The summed E-state index contributed by atoms with van der Waals surface area (Å²) >= 11 is 0. The number of hydrogen-bond acceptors (Lipinski definition) is 4. The number of fused-ring (bicyclic) bond motifs is 1. The molecular weight excluding hydrogens is 368 g/mol. The van der Waals surface area contributed by atoms with E-state index in [4.69, 9.17) is 4.74 Å². The summed E-state index contributed by atoms with van der Waals surface area (Å²) in [5.74, 6) is 0.713. The van der Waals surface area contributed by atoms with E-state index in [-0.39, 0.29) is 12.0 Å². The van der Waals surface area contributed by atoms with Gasteiger partial charge in [-0.05, 0) is 50.4 Å². The summed E-state index contributed by atoms with van der Waals surface area (Å²) in [6.07, 6.45) is 4.02. The Morgan fingerprint density at radius 1 is 1.03 bits per heavy atom. The smallest absolute Gasteiger partial charge is 0.409 e. The second kappa shape index (κ2) is 8.86. The van der Waals surface area contributed by atoms with Crippen LogP contribution in [-0.4, -0.2) is 84.1 Å². The summed E-state index contributed by atoms with van der Waals surface area (Å²) in [5.41, 5.74) is 2.60. The summed E-state index contributed by atoms with van der Waals surface area (Å²) in [6, 6.07) is 8.46. The molecule has 4 rings (SSSR count). The molecule has 1 aromatic carbocycles. The SMILES string of the molecule is CCOC(=O)N1CCN(C(=O)CN2CCC(c3c[nH]c4ccccc34)CC2)CC1. The minimum absolute atomic E-state index is 0.166. The Morgan fingerprint density at radius 2 is 1.72 bits per heavy atom. The number of piperidine rings is 1. The van der Waals surface area contributed by atoms with Crippen molar-refractivity contribution in [2.24, 2.45) is 0 Å². The monoisotopic (exact) mass is 398 g/mol. The Labute approximate surface area is 171 Å². The van der Waals surface area contributed by atoms with Crippen molar-refractivity contribution >= 4 is 22.9 Å². The van der Waals surface area contributed by atoms with Gasteiger partial charge < -0.3 is 19.5 Å². The average molecular weight is 399 g/mol. The highest BCUT2D eigenvalue weighted by molar-refractivity contribution is 5.83. The number of carbonyl (C=O) groups is 2. The van der Waals surface area contributed by atoms with Gasteiger partial charge in [0, 0.05) is 43.3 Å². The van der Waals surface area contributed by atoms with Crippen LogP contribution in [0.15, 0.2) is 30.5 Å². The van der Waals surface area contributed by atoms with Crippen molar-refractivity contribution in [2.45, 2.75) is 25.7 Å². The van der Waals surface area contributed by atoms with Gasteiger partial charge in [0.25, 0.3) is 0 Å². The van der Waals surface area contributed by atoms with Crippen LogP contribution in [0.4, 0.5) is 4.79 Å². The number of benzene rings is 1. The van der Waals surface area contributed by atoms with Gasteiger partial charge in [-0.25, -0.2) is 4.79 Å². The van der Waals surface area contributed by atoms with E-state index < -0.39 is 0 Å². The number of nitrogens with one attached hydrogen (secondary N) is 1. The molecule has 7 heteroatoms. The molecular formula is C22H30N4O3. The van der Waals surface area contributed by atoms with Crippen molar-refractivity contribution in [1.29, 1.82) is 0 Å². The number of aromatic nitrogens is 1. The van der Waals surface area contributed by atoms with E-state index in [9.17, 15) is 9.59 Å². The standard InChI is InChI=1S/C22H30N4O3/c1-2-29-22(28)26-13-11-25(12-14-26)21(27)16-24-9-7-17(8-10-24)19-15-23-20-6-4-3-5-18(19)20/h3-6,15,17,23H,2,7-14,16H2,1H3. The van der Waals surface area contributed by atoms with E-state index in [2.05, 4.69) is 40.3 Å². The minimum atomic E-state index is -0.279. The highest BCUT2D eigenvalue weighted by atomic mass is 16.6. The van der Waals surface area contributed by atoms with Gasteiger partial charge >= 0.3 is 6.09 Å². The number of carbonyl (C=O) groups excluding carboxylic acids is 2. The fourth-order valence-electron chi connectivity index (χ4n) is 4.48. The van der Waals surface area contributed by atoms with Crippen molar-refractivity contribution in [3.63, 3.8) is 0 Å². The van der Waals surface area contributed by atoms with Gasteiger partial charge in [0.1, 0.15) is 0 Å². The zero-order valence-corrected chi connectivity index (χ0v) is 17.1. The van der Waals surface area contributed by atoms with Gasteiger partial charge in [-0.3, -0.25) is 9.69 Å². The van der Waals surface area contributed by atoms with Gasteiger partial charge in [0.2, 0.25) is 5.91 Å². The lowest BCUT2D eigenvalue weighted by atomic mass is 9.89. The molecule has 0 radical (unpaired) electrons. The zero-order valence-electron chi connectivity index (χ0n) is 17.1. The third-order valence-electron chi connectivity index (χ3n) is 6.17. The number of piperazine rings is 1. The first kappa shape index (κ1) is 19.8. The number of amides is 2. The van der Waals surface area contributed by atoms with E-state index >= 15 is 0 Å². The van der Waals surface area contributed by atoms with Crippen LogP contribution in [0.1, 0.15) is 31.2 Å². The van der Waals surface area contributed by atoms with Crippen LogP contribution in [0.3, 0.4) is 0 Å². The Bertz CT molecular complexity index is 849. The molecule has 2 aliphatic heterocycles. The summed E-state index contributed by atoms with van der Waals surface area (Å²) in [4.78, 5) is 33.7. The maximum absolute atomic E-state index is 12.7. The van der Waals surface area contributed by atoms with E-state index in [1.165, 1.54) is 16.5 Å². The molecule has 29 heavy (non-hydrogen) atoms. The van der Waals surface area contributed by atoms with Crippen molar-refractivity contribution < 1.29 is 14.3 Å². The van der Waals surface area contributed by atoms with Gasteiger partial charge in [0.05, 0.1) is 13.2 Å². The molecule has 0 spiro atoms. The number of likely N-dealkylation sites (tertiary alicyclic amines) is 1. The molecule has 1 N–H and O–H groups in total. The quantitative estimate of drug-likeness (QED) is 0.860. The van der Waals surface area contributed by atoms with Crippen molar-refractivity contribution in [1.82, 2.24) is 19.7 Å². The van der Waals surface area contributed by atoms with E-state index in [0.29, 0.717) is 45.2 Å². The topological polar surface area (TPSA) is 68.9 Å². The van der Waals surface area contributed by atoms with Gasteiger partial charge in [0.15, 0.2) is 0 Å². The number of ether oxygens (including phenoxy) is 1. The predicted molar refractivity (Wildman–Crippen MR) is 112 cm³/mol. The number of para-hydroxylation sites is 1. The third kappa shape index (κ3) is 4.40. The van der Waals surface area contributed by atoms with Crippen molar-refractivity contribution in [3.8, 4) is 0 Å². The largest absolute Gasteiger partial charge is 0.450 e. The Morgan fingerprint density at radius 3 is 2.45 bits per heavy atom. The number of rotatable bonds is 4. The lowest BCUT2D eigenvalue weighted by molar-refractivity contribution is -0.134. The average Bonchev–Trinajstić information content (AvgIpc) is 3.19. The summed E-state index contributed by atoms with van der Waals surface area (Å²) in [7, 11) is 0. The zero-order chi connectivity index (χ0) is 20.2. The van der Waals surface area contributed by atoms with Crippen LogP contribution in [0.25, 0.3) is 10.9 Å². The second-order valence-electron chi connectivity index (χ2n) is 7.91. The molecule has 2 fully saturated rings. The Kier molecular flexibility index (Phi) is 6.04. The van der Waals surface area contributed by atoms with E-state index in [1.807, 2.05) is 4.90 Å². The maximum Gasteiger partial charge on any atom is 0.409 e. The molecule has 2 saturated heterocycles. The molecule has 2 aromatic rings. The van der Waals surface area contributed by atoms with Crippen LogP contribution < -0.4 is 0 Å². The number of aromatic amines is 1. The summed E-state index contributed by atoms with van der Waals surface area (Å²) < 4.78 is 5.04. The molecule has 2 amide bonds. The number of hydrogen-bond donors (Lipinski definition) is 1. The molecule has 1 aromatic heterocycles. The highest BCUT2D eigenvalue weighted by Crippen LogP contribution is 2.33. The first-order chi connectivity index (χ1) is 14.2. The van der Waals surface area contributed by atoms with Crippen LogP contribution in [0, 0.1) is 0 Å². The fraction of sp³-hybridized carbons (Fsp3) is 0.545. The van der Waals surface area contributed by atoms with Crippen LogP contribution >= 0.6 is 0 Å². The van der Waals surface area contributed by atoms with Gasteiger partial charge in [-0.1, -0.05) is 18.2 Å². The molecule has 0 unspecified atom stereocenters. The van der Waals surface area contributed by atoms with Crippen LogP contribution in [0.5, 0.6) is 0 Å². The normalized spacial score (nSPS) is 18.9. The summed E-state index contributed by atoms with van der Waals surface area (Å²) in [6.45, 7) is 6.82. The second-order valence-corrected chi connectivity index (χ2v) is 7.91. The third-order valence-corrected chi connectivity index (χ3v) is 6.17. The van der Waals surface area contributed by atoms with E-state index in [0.717, 1.165) is 25.9 Å². The lowest BCUT2D eigenvalue weighted by Crippen LogP contribution is -2.53. The fourth-order valence-corrected chi connectivity index (χ4v) is 4.48. The van der Waals surface area contributed by atoms with Crippen molar-refractivity contribution in [3.05, 3.63) is 36.0 Å². The molecule has 156 valence electrons. The maximum atomic E-state index is 12.7. The molecule has 7 nitrogen and oxygen atoms in total. The molecule has 0 aliphatic carbocycles. The molecule has 0 atom stereocenters. The highest BCUT2D eigenvalue weighted by Gasteiger charge is 2.28. The van der Waals surface area contributed by atoms with Crippen molar-refractivity contribution in [2.75, 3.05) is 52.4 Å². The molecule has 0 bridgehead atoms.